The van der Waals surface area contributed by atoms with E-state index in [0.717, 1.165) is 37.0 Å². The molecular weight excluding hydrogens is 474 g/mol. The van der Waals surface area contributed by atoms with Crippen LogP contribution in [0.2, 0.25) is 0 Å². The molecule has 0 radical (unpaired) electrons. The Morgan fingerprint density at radius 1 is 0.865 bits per heavy atom. The van der Waals surface area contributed by atoms with Crippen LogP contribution >= 0.6 is 0 Å². The van der Waals surface area contributed by atoms with Crippen LogP contribution in [0.3, 0.4) is 0 Å². The van der Waals surface area contributed by atoms with Gasteiger partial charge in [0, 0.05) is 24.5 Å². The lowest BCUT2D eigenvalue weighted by atomic mass is 9.54. The molecule has 1 aromatic rings. The fraction of sp³-hybridized carbons (Fsp3) is 0.586. The van der Waals surface area contributed by atoms with Gasteiger partial charge >= 0.3 is 11.9 Å². The number of hydrogen-bond donors (Lipinski definition) is 0. The molecule has 0 aromatic heterocycles. The van der Waals surface area contributed by atoms with Crippen LogP contribution in [-0.2, 0) is 23.8 Å². The van der Waals surface area contributed by atoms with E-state index in [1.54, 1.807) is 31.6 Å². The molecule has 5 aliphatic rings. The second-order valence-electron chi connectivity index (χ2n) is 10.9. The molecule has 0 saturated heterocycles. The van der Waals surface area contributed by atoms with Crippen LogP contribution in [-0.4, -0.2) is 64.0 Å². The summed E-state index contributed by atoms with van der Waals surface area (Å²) in [7, 11) is 5.74. The van der Waals surface area contributed by atoms with Crippen LogP contribution in [0.4, 0.5) is 0 Å². The van der Waals surface area contributed by atoms with Gasteiger partial charge in [0.05, 0.1) is 57.7 Å². The molecule has 0 unspecified atom stereocenters. The van der Waals surface area contributed by atoms with Crippen LogP contribution in [0.1, 0.15) is 50.0 Å². The predicted octanol–water partition coefficient (Wildman–Crippen LogP) is 4.20. The number of hydrogen-bond acceptors (Lipinski definition) is 8. The van der Waals surface area contributed by atoms with Crippen LogP contribution in [0.15, 0.2) is 41.7 Å². The van der Waals surface area contributed by atoms with E-state index in [2.05, 4.69) is 0 Å². The third-order valence-electron chi connectivity index (χ3n) is 8.56. The highest BCUT2D eigenvalue weighted by Gasteiger charge is 2.51. The summed E-state index contributed by atoms with van der Waals surface area (Å²) in [5, 5.41) is 0. The van der Waals surface area contributed by atoms with E-state index in [9.17, 15) is 9.59 Å². The van der Waals surface area contributed by atoms with Crippen molar-refractivity contribution < 1.29 is 33.3 Å². The molecule has 200 valence electrons. The van der Waals surface area contributed by atoms with E-state index >= 15 is 0 Å². The SMILES string of the molecule is COC(=O)C1=CN(CCOC23CC4CC(CC(C4)C2)C3)C=C(C(=O)OC)C1c1cccc(OC)c1OC. The van der Waals surface area contributed by atoms with Crippen molar-refractivity contribution in [3.8, 4) is 11.5 Å². The maximum Gasteiger partial charge on any atom is 0.336 e. The molecule has 37 heavy (non-hydrogen) atoms. The number of para-hydroxylation sites is 1. The maximum absolute atomic E-state index is 13.0. The largest absolute Gasteiger partial charge is 0.493 e. The number of carbonyl (C=O) groups is 2. The fourth-order valence-corrected chi connectivity index (χ4v) is 7.47. The summed E-state index contributed by atoms with van der Waals surface area (Å²) in [6, 6.07) is 5.37. The van der Waals surface area contributed by atoms with E-state index in [1.807, 2.05) is 11.0 Å². The van der Waals surface area contributed by atoms with E-state index in [0.29, 0.717) is 41.4 Å². The van der Waals surface area contributed by atoms with Gasteiger partial charge in [-0.25, -0.2) is 9.59 Å². The molecule has 0 N–H and O–H groups in total. The second-order valence-corrected chi connectivity index (χ2v) is 10.9. The topological polar surface area (TPSA) is 83.5 Å². The van der Waals surface area contributed by atoms with E-state index in [-0.39, 0.29) is 5.60 Å². The van der Waals surface area contributed by atoms with Gasteiger partial charge in [-0.1, -0.05) is 12.1 Å². The number of nitrogens with zero attached hydrogens (tertiary/aromatic N) is 1. The van der Waals surface area contributed by atoms with Crippen LogP contribution < -0.4 is 9.47 Å². The molecule has 1 aromatic carbocycles. The van der Waals surface area contributed by atoms with E-state index in [1.165, 1.54) is 40.6 Å². The molecule has 1 aliphatic heterocycles. The van der Waals surface area contributed by atoms with Gasteiger partial charge in [-0.15, -0.1) is 0 Å². The van der Waals surface area contributed by atoms with Crippen LogP contribution in [0, 0.1) is 17.8 Å². The van der Waals surface area contributed by atoms with Crippen LogP contribution in [0.25, 0.3) is 0 Å². The maximum atomic E-state index is 13.0. The Hall–Kier alpha value is -3.00. The number of rotatable bonds is 9. The molecule has 8 nitrogen and oxygen atoms in total. The highest BCUT2D eigenvalue weighted by atomic mass is 16.5. The minimum atomic E-state index is -0.745. The molecule has 1 heterocycles. The summed E-state index contributed by atoms with van der Waals surface area (Å²) in [5.41, 5.74) is 1.23. The lowest BCUT2D eigenvalue weighted by molar-refractivity contribution is -0.162. The van der Waals surface area contributed by atoms with Crippen molar-refractivity contribution in [3.05, 3.63) is 47.3 Å². The Morgan fingerprint density at radius 3 is 1.92 bits per heavy atom. The highest BCUT2D eigenvalue weighted by Crippen LogP contribution is 2.57. The van der Waals surface area contributed by atoms with Gasteiger partial charge in [0.1, 0.15) is 0 Å². The summed E-state index contributed by atoms with van der Waals surface area (Å²) in [5.74, 6) is 1.54. The average molecular weight is 512 g/mol. The Kier molecular flexibility index (Phi) is 7.21. The molecule has 0 amide bonds. The molecule has 4 aliphatic carbocycles. The summed E-state index contributed by atoms with van der Waals surface area (Å²) in [4.78, 5) is 27.9. The summed E-state index contributed by atoms with van der Waals surface area (Å²) in [6.07, 6.45) is 11.0. The predicted molar refractivity (Wildman–Crippen MR) is 136 cm³/mol. The van der Waals surface area contributed by atoms with Crippen molar-refractivity contribution in [1.82, 2.24) is 4.90 Å². The number of esters is 2. The van der Waals surface area contributed by atoms with Gasteiger partial charge in [-0.05, 0) is 62.3 Å². The summed E-state index contributed by atoms with van der Waals surface area (Å²) >= 11 is 0. The monoisotopic (exact) mass is 511 g/mol. The second kappa shape index (κ2) is 10.4. The number of ether oxygens (including phenoxy) is 5. The molecule has 8 heteroatoms. The van der Waals surface area contributed by atoms with Crippen molar-refractivity contribution in [1.29, 1.82) is 0 Å². The van der Waals surface area contributed by atoms with E-state index < -0.39 is 17.9 Å². The van der Waals surface area contributed by atoms with Crippen molar-refractivity contribution in [2.24, 2.45) is 17.8 Å². The Morgan fingerprint density at radius 2 is 1.43 bits per heavy atom. The van der Waals surface area contributed by atoms with Gasteiger partial charge in [0.2, 0.25) is 0 Å². The Labute approximate surface area is 218 Å². The van der Waals surface area contributed by atoms with Crippen LogP contribution in [0.5, 0.6) is 11.5 Å². The van der Waals surface area contributed by atoms with Crippen molar-refractivity contribution in [2.45, 2.75) is 50.0 Å². The minimum Gasteiger partial charge on any atom is -0.493 e. The quantitative estimate of drug-likeness (QED) is 0.456. The van der Waals surface area contributed by atoms with Gasteiger partial charge in [0.25, 0.3) is 0 Å². The molecule has 0 spiro atoms. The zero-order valence-corrected chi connectivity index (χ0v) is 22.2. The number of methoxy groups -OCH3 is 4. The molecule has 4 bridgehead atoms. The Balaban J connectivity index is 1.41. The normalized spacial score (nSPS) is 28.4. The van der Waals surface area contributed by atoms with Gasteiger partial charge in [0.15, 0.2) is 11.5 Å². The van der Waals surface area contributed by atoms with Crippen molar-refractivity contribution >= 4 is 11.9 Å². The molecule has 0 atom stereocenters. The number of benzene rings is 1. The summed E-state index contributed by atoms with van der Waals surface area (Å²) in [6.45, 7) is 1.01. The van der Waals surface area contributed by atoms with Gasteiger partial charge in [-0.2, -0.15) is 0 Å². The first-order valence-corrected chi connectivity index (χ1v) is 13.1. The highest BCUT2D eigenvalue weighted by molar-refractivity contribution is 5.99. The third-order valence-corrected chi connectivity index (χ3v) is 8.56. The molecular formula is C29H37NO7. The lowest BCUT2D eigenvalue weighted by Gasteiger charge is -2.56. The first-order valence-electron chi connectivity index (χ1n) is 13.1. The van der Waals surface area contributed by atoms with Crippen molar-refractivity contribution in [2.75, 3.05) is 41.6 Å². The van der Waals surface area contributed by atoms with Crippen molar-refractivity contribution in [3.63, 3.8) is 0 Å². The Bertz CT molecular complexity index is 1040. The molecule has 4 fully saturated rings. The molecule has 6 rings (SSSR count). The zero-order chi connectivity index (χ0) is 26.2. The lowest BCUT2D eigenvalue weighted by Crippen LogP contribution is -2.52. The first kappa shape index (κ1) is 25.6. The van der Waals surface area contributed by atoms with Gasteiger partial charge in [-0.3, -0.25) is 0 Å². The smallest absolute Gasteiger partial charge is 0.336 e. The average Bonchev–Trinajstić information content (AvgIpc) is 2.90. The molecule has 4 saturated carbocycles. The fourth-order valence-electron chi connectivity index (χ4n) is 7.47. The first-order chi connectivity index (χ1) is 17.9. The van der Waals surface area contributed by atoms with Gasteiger partial charge < -0.3 is 28.6 Å². The van der Waals surface area contributed by atoms with E-state index in [4.69, 9.17) is 23.7 Å². The minimum absolute atomic E-state index is 0.00911. The summed E-state index contributed by atoms with van der Waals surface area (Å²) < 4.78 is 28.0. The zero-order valence-electron chi connectivity index (χ0n) is 22.2. The standard InChI is InChI=1S/C29H37NO7/c1-33-24-7-5-6-21(26(24)34-2)25-22(27(31)35-3)16-30(17-23(25)28(32)36-4)8-9-37-29-13-18-10-19(14-29)12-20(11-18)15-29/h5-7,16-20,25H,8-15H2,1-4H3. The third kappa shape index (κ3) is 4.83. The number of carbonyl (C=O) groups excluding carboxylic acids is 2.